The maximum atomic E-state index is 11.0. The van der Waals surface area contributed by atoms with Crippen molar-refractivity contribution in [3.05, 3.63) is 39.9 Å². The van der Waals surface area contributed by atoms with Gasteiger partial charge >= 0.3 is 0 Å². The van der Waals surface area contributed by atoms with Crippen molar-refractivity contribution in [2.75, 3.05) is 6.54 Å². The average molecular weight is 260 g/mol. The molecule has 1 aliphatic carbocycles. The molecule has 0 amide bonds. The van der Waals surface area contributed by atoms with E-state index in [0.717, 1.165) is 36.8 Å². The van der Waals surface area contributed by atoms with Gasteiger partial charge in [0, 0.05) is 17.7 Å². The van der Waals surface area contributed by atoms with E-state index in [4.69, 9.17) is 0 Å². The zero-order valence-corrected chi connectivity index (χ0v) is 11.0. The maximum absolute atomic E-state index is 11.0. The molecule has 0 spiro atoms. The lowest BCUT2D eigenvalue weighted by atomic mass is 9.90. The van der Waals surface area contributed by atoms with Crippen LogP contribution in [0.4, 0.5) is 5.69 Å². The molecule has 1 aromatic carbocycles. The van der Waals surface area contributed by atoms with Gasteiger partial charge in [-0.05, 0) is 44.1 Å². The molecule has 1 saturated carbocycles. The van der Waals surface area contributed by atoms with Crippen LogP contribution in [0.3, 0.4) is 0 Å². The van der Waals surface area contributed by atoms with E-state index in [-0.39, 0.29) is 10.6 Å². The summed E-state index contributed by atoms with van der Waals surface area (Å²) in [7, 11) is 0. The topological polar surface area (TPSA) is 55.2 Å². The van der Waals surface area contributed by atoms with Gasteiger partial charge in [-0.2, -0.15) is 0 Å². The predicted molar refractivity (Wildman–Crippen MR) is 74.0 cm³/mol. The molecule has 0 aromatic heterocycles. The van der Waals surface area contributed by atoms with Gasteiger partial charge in [-0.25, -0.2) is 0 Å². The number of fused-ring (bicyclic) bond motifs is 1. The van der Waals surface area contributed by atoms with Crippen LogP contribution in [0.5, 0.6) is 0 Å². The van der Waals surface area contributed by atoms with E-state index in [1.165, 1.54) is 19.3 Å². The number of nitrogens with one attached hydrogen (secondary N) is 1. The Morgan fingerprint density at radius 2 is 2.16 bits per heavy atom. The lowest BCUT2D eigenvalue weighted by Crippen LogP contribution is -2.27. The molecule has 3 unspecified atom stereocenters. The van der Waals surface area contributed by atoms with Gasteiger partial charge in [0.2, 0.25) is 0 Å². The minimum absolute atomic E-state index is 0.267. The van der Waals surface area contributed by atoms with Crippen molar-refractivity contribution in [2.24, 2.45) is 11.8 Å². The van der Waals surface area contributed by atoms with Crippen molar-refractivity contribution in [2.45, 2.75) is 38.1 Å². The molecule has 1 saturated heterocycles. The lowest BCUT2D eigenvalue weighted by Gasteiger charge is -2.18. The Kier molecular flexibility index (Phi) is 3.51. The first-order chi connectivity index (χ1) is 9.25. The normalized spacial score (nSPS) is 29.4. The van der Waals surface area contributed by atoms with Crippen LogP contribution in [0.2, 0.25) is 0 Å². The highest BCUT2D eigenvalue weighted by Crippen LogP contribution is 2.39. The van der Waals surface area contributed by atoms with Gasteiger partial charge in [0.05, 0.1) is 4.92 Å². The van der Waals surface area contributed by atoms with E-state index in [1.54, 1.807) is 12.1 Å². The third kappa shape index (κ3) is 2.50. The zero-order chi connectivity index (χ0) is 13.2. The molecule has 1 N–H and O–H groups in total. The number of rotatable bonds is 4. The summed E-state index contributed by atoms with van der Waals surface area (Å²) in [6.45, 7) is 1.15. The smallest absolute Gasteiger partial charge is 0.272 e. The van der Waals surface area contributed by atoms with Crippen LogP contribution in [0.15, 0.2) is 24.3 Å². The Morgan fingerprint density at radius 3 is 3.00 bits per heavy atom. The van der Waals surface area contributed by atoms with Crippen molar-refractivity contribution in [1.29, 1.82) is 0 Å². The number of nitro groups is 1. The fourth-order valence-electron chi connectivity index (χ4n) is 3.83. The number of aryl methyl sites for hydroxylation is 1. The molecule has 3 atom stereocenters. The lowest BCUT2D eigenvalue weighted by molar-refractivity contribution is -0.385. The standard InChI is InChI=1S/C15H20N2O2/c18-17(19)15-7-2-1-4-11(15)8-9-14-13-6-3-5-12(13)10-16-14/h1-2,4,7,12-14,16H,3,5-6,8-10H2. The molecule has 4 nitrogen and oxygen atoms in total. The fourth-order valence-corrected chi connectivity index (χ4v) is 3.83. The van der Waals surface area contributed by atoms with E-state index in [9.17, 15) is 10.1 Å². The Hall–Kier alpha value is -1.42. The second kappa shape index (κ2) is 5.29. The van der Waals surface area contributed by atoms with E-state index in [1.807, 2.05) is 12.1 Å². The Balaban J connectivity index is 1.65. The monoisotopic (exact) mass is 260 g/mol. The summed E-state index contributed by atoms with van der Waals surface area (Å²) in [5.41, 5.74) is 1.14. The van der Waals surface area contributed by atoms with E-state index < -0.39 is 0 Å². The Bertz CT molecular complexity index is 475. The first kappa shape index (κ1) is 12.6. The van der Waals surface area contributed by atoms with Crippen molar-refractivity contribution < 1.29 is 4.92 Å². The van der Waals surface area contributed by atoms with Crippen molar-refractivity contribution in [1.82, 2.24) is 5.32 Å². The highest BCUT2D eigenvalue weighted by Gasteiger charge is 2.38. The van der Waals surface area contributed by atoms with Gasteiger partial charge in [0.25, 0.3) is 5.69 Å². The van der Waals surface area contributed by atoms with Crippen molar-refractivity contribution in [3.8, 4) is 0 Å². The van der Waals surface area contributed by atoms with Crippen LogP contribution < -0.4 is 5.32 Å². The van der Waals surface area contributed by atoms with Crippen molar-refractivity contribution in [3.63, 3.8) is 0 Å². The second-order valence-electron chi connectivity index (χ2n) is 5.79. The molecule has 19 heavy (non-hydrogen) atoms. The highest BCUT2D eigenvalue weighted by molar-refractivity contribution is 5.39. The number of benzene rings is 1. The molecule has 1 aliphatic heterocycles. The summed E-state index contributed by atoms with van der Waals surface area (Å²) >= 11 is 0. The van der Waals surface area contributed by atoms with E-state index >= 15 is 0 Å². The third-order valence-electron chi connectivity index (χ3n) is 4.79. The van der Waals surface area contributed by atoms with Crippen LogP contribution in [0.1, 0.15) is 31.2 Å². The molecule has 3 rings (SSSR count). The Labute approximate surface area is 113 Å². The molecule has 102 valence electrons. The van der Waals surface area contributed by atoms with Gasteiger partial charge in [-0.3, -0.25) is 10.1 Å². The molecule has 2 fully saturated rings. The second-order valence-corrected chi connectivity index (χ2v) is 5.79. The summed E-state index contributed by atoms with van der Waals surface area (Å²) < 4.78 is 0. The van der Waals surface area contributed by atoms with Gasteiger partial charge in [0.15, 0.2) is 0 Å². The summed E-state index contributed by atoms with van der Waals surface area (Å²) in [5.74, 6) is 1.67. The van der Waals surface area contributed by atoms with Gasteiger partial charge in [-0.15, -0.1) is 0 Å². The van der Waals surface area contributed by atoms with Gasteiger partial charge in [-0.1, -0.05) is 24.6 Å². The number of hydrogen-bond donors (Lipinski definition) is 1. The Morgan fingerprint density at radius 1 is 1.32 bits per heavy atom. The van der Waals surface area contributed by atoms with Crippen LogP contribution in [-0.2, 0) is 6.42 Å². The SMILES string of the molecule is O=[N+]([O-])c1ccccc1CCC1NCC2CCCC21. The number of nitro benzene ring substituents is 1. The summed E-state index contributed by atoms with van der Waals surface area (Å²) in [6.07, 6.45) is 5.88. The fraction of sp³-hybridized carbons (Fsp3) is 0.600. The summed E-state index contributed by atoms with van der Waals surface area (Å²) in [4.78, 5) is 10.7. The molecule has 2 aliphatic rings. The number of para-hydroxylation sites is 1. The van der Waals surface area contributed by atoms with Gasteiger partial charge < -0.3 is 5.32 Å². The van der Waals surface area contributed by atoms with Crippen LogP contribution in [0.25, 0.3) is 0 Å². The van der Waals surface area contributed by atoms with Crippen LogP contribution >= 0.6 is 0 Å². The van der Waals surface area contributed by atoms with E-state index in [0.29, 0.717) is 6.04 Å². The third-order valence-corrected chi connectivity index (χ3v) is 4.79. The summed E-state index contributed by atoms with van der Waals surface area (Å²) in [6, 6.07) is 7.69. The molecular weight excluding hydrogens is 240 g/mol. The molecule has 0 bridgehead atoms. The zero-order valence-electron chi connectivity index (χ0n) is 11.0. The highest BCUT2D eigenvalue weighted by atomic mass is 16.6. The minimum atomic E-state index is -0.268. The largest absolute Gasteiger partial charge is 0.313 e. The minimum Gasteiger partial charge on any atom is -0.313 e. The van der Waals surface area contributed by atoms with Crippen LogP contribution in [-0.4, -0.2) is 17.5 Å². The van der Waals surface area contributed by atoms with Crippen molar-refractivity contribution >= 4 is 5.69 Å². The summed E-state index contributed by atoms with van der Waals surface area (Å²) in [5, 5.41) is 14.6. The molecular formula is C15H20N2O2. The molecule has 4 heteroatoms. The quantitative estimate of drug-likeness (QED) is 0.669. The number of hydrogen-bond acceptors (Lipinski definition) is 3. The first-order valence-corrected chi connectivity index (χ1v) is 7.21. The molecule has 0 radical (unpaired) electrons. The first-order valence-electron chi connectivity index (χ1n) is 7.21. The number of nitrogens with zero attached hydrogens (tertiary/aromatic N) is 1. The maximum Gasteiger partial charge on any atom is 0.272 e. The predicted octanol–water partition coefficient (Wildman–Crippen LogP) is 2.92. The molecule has 1 heterocycles. The van der Waals surface area contributed by atoms with E-state index in [2.05, 4.69) is 5.32 Å². The van der Waals surface area contributed by atoms with Crippen LogP contribution in [0, 0.1) is 22.0 Å². The molecule has 1 aromatic rings. The average Bonchev–Trinajstić information content (AvgIpc) is 3.00. The van der Waals surface area contributed by atoms with Gasteiger partial charge in [0.1, 0.15) is 0 Å².